The van der Waals surface area contributed by atoms with Crippen LogP contribution in [0.1, 0.15) is 52.4 Å². The van der Waals surface area contributed by atoms with E-state index in [1.807, 2.05) is 0 Å². The van der Waals surface area contributed by atoms with Crippen molar-refractivity contribution >= 4 is 5.78 Å². The van der Waals surface area contributed by atoms with E-state index in [1.54, 1.807) is 0 Å². The maximum Gasteiger partial charge on any atom is 0.139 e. The van der Waals surface area contributed by atoms with Crippen LogP contribution >= 0.6 is 0 Å². The second-order valence-electron chi connectivity index (χ2n) is 5.04. The van der Waals surface area contributed by atoms with Crippen molar-refractivity contribution in [3.05, 3.63) is 0 Å². The number of Topliss-reactive ketones (excluding diaryl/α,β-unsaturated/α-hetero) is 1. The predicted molar refractivity (Wildman–Crippen MR) is 59.7 cm³/mol. The van der Waals surface area contributed by atoms with Crippen LogP contribution in [0, 0.1) is 11.8 Å². The van der Waals surface area contributed by atoms with E-state index >= 15 is 0 Å². The van der Waals surface area contributed by atoms with Crippen LogP contribution in [0.2, 0.25) is 0 Å². The molecule has 2 atom stereocenters. The summed E-state index contributed by atoms with van der Waals surface area (Å²) >= 11 is 0. The summed E-state index contributed by atoms with van der Waals surface area (Å²) in [4.78, 5) is 12.2. The fraction of sp³-hybridized carbons (Fsp3) is 0.923. The molecule has 0 aromatic carbocycles. The third kappa shape index (κ3) is 2.25. The highest BCUT2D eigenvalue weighted by Gasteiger charge is 2.39. The standard InChI is InChI=1S/C13H22O2/c1-3-9(4-2)13(14)10-7-11-5-6-12(8-10)15-11/h9-12H,3-8H2,1-2H3. The van der Waals surface area contributed by atoms with Crippen molar-refractivity contribution in [1.29, 1.82) is 0 Å². The zero-order chi connectivity index (χ0) is 10.8. The van der Waals surface area contributed by atoms with Crippen molar-refractivity contribution in [2.75, 3.05) is 0 Å². The van der Waals surface area contributed by atoms with Gasteiger partial charge in [-0.3, -0.25) is 4.79 Å². The van der Waals surface area contributed by atoms with Gasteiger partial charge >= 0.3 is 0 Å². The summed E-state index contributed by atoms with van der Waals surface area (Å²) < 4.78 is 5.77. The molecule has 2 saturated heterocycles. The summed E-state index contributed by atoms with van der Waals surface area (Å²) in [6, 6.07) is 0. The highest BCUT2D eigenvalue weighted by atomic mass is 16.5. The second-order valence-corrected chi connectivity index (χ2v) is 5.04. The monoisotopic (exact) mass is 210 g/mol. The van der Waals surface area contributed by atoms with Crippen LogP contribution in [0.5, 0.6) is 0 Å². The molecular formula is C13H22O2. The number of carbonyl (C=O) groups excluding carboxylic acids is 1. The van der Waals surface area contributed by atoms with Crippen LogP contribution in [0.3, 0.4) is 0 Å². The Kier molecular flexibility index (Phi) is 3.45. The first-order chi connectivity index (χ1) is 7.24. The SMILES string of the molecule is CCC(CC)C(=O)C1CC2CCC(C1)O2. The lowest BCUT2D eigenvalue weighted by Gasteiger charge is -2.29. The van der Waals surface area contributed by atoms with E-state index in [0.717, 1.165) is 25.7 Å². The van der Waals surface area contributed by atoms with E-state index in [1.165, 1.54) is 12.8 Å². The molecule has 86 valence electrons. The van der Waals surface area contributed by atoms with Gasteiger partial charge in [0.05, 0.1) is 12.2 Å². The fourth-order valence-electron chi connectivity index (χ4n) is 3.11. The topological polar surface area (TPSA) is 26.3 Å². The quantitative estimate of drug-likeness (QED) is 0.713. The van der Waals surface area contributed by atoms with Gasteiger partial charge in [0.25, 0.3) is 0 Å². The van der Waals surface area contributed by atoms with Gasteiger partial charge in [-0.05, 0) is 38.5 Å². The van der Waals surface area contributed by atoms with Crippen LogP contribution in [-0.2, 0) is 9.53 Å². The Balaban J connectivity index is 1.96. The minimum atomic E-state index is 0.299. The summed E-state index contributed by atoms with van der Waals surface area (Å²) in [6.07, 6.45) is 7.13. The zero-order valence-corrected chi connectivity index (χ0v) is 9.87. The van der Waals surface area contributed by atoms with Gasteiger partial charge < -0.3 is 4.74 Å². The van der Waals surface area contributed by atoms with Gasteiger partial charge in [-0.25, -0.2) is 0 Å². The highest BCUT2D eigenvalue weighted by Crippen LogP contribution is 2.37. The Hall–Kier alpha value is -0.370. The molecule has 0 spiro atoms. The highest BCUT2D eigenvalue weighted by molar-refractivity contribution is 5.83. The van der Waals surface area contributed by atoms with Gasteiger partial charge in [0.2, 0.25) is 0 Å². The molecule has 0 aliphatic carbocycles. The number of fused-ring (bicyclic) bond motifs is 2. The Morgan fingerprint density at radius 1 is 1.20 bits per heavy atom. The number of ketones is 1. The van der Waals surface area contributed by atoms with Crippen LogP contribution in [-0.4, -0.2) is 18.0 Å². The lowest BCUT2D eigenvalue weighted by atomic mass is 9.83. The van der Waals surface area contributed by atoms with Crippen LogP contribution < -0.4 is 0 Å². The van der Waals surface area contributed by atoms with Crippen LogP contribution in [0.25, 0.3) is 0 Å². The van der Waals surface area contributed by atoms with Crippen molar-refractivity contribution in [2.24, 2.45) is 11.8 Å². The maximum absolute atomic E-state index is 12.2. The zero-order valence-electron chi connectivity index (χ0n) is 9.87. The van der Waals surface area contributed by atoms with Gasteiger partial charge in [-0.15, -0.1) is 0 Å². The molecule has 2 aliphatic heterocycles. The Bertz CT molecular complexity index is 221. The van der Waals surface area contributed by atoms with Crippen molar-refractivity contribution < 1.29 is 9.53 Å². The van der Waals surface area contributed by atoms with Crippen molar-refractivity contribution in [3.8, 4) is 0 Å². The number of rotatable bonds is 4. The third-order valence-electron chi connectivity index (χ3n) is 4.08. The predicted octanol–water partition coefficient (Wildman–Crippen LogP) is 2.95. The fourth-order valence-corrected chi connectivity index (χ4v) is 3.11. The first-order valence-corrected chi connectivity index (χ1v) is 6.43. The van der Waals surface area contributed by atoms with Gasteiger partial charge in [-0.2, -0.15) is 0 Å². The molecule has 0 saturated carbocycles. The molecule has 2 rings (SSSR count). The minimum absolute atomic E-state index is 0.299. The van der Waals surface area contributed by atoms with E-state index in [9.17, 15) is 4.79 Å². The number of carbonyl (C=O) groups is 1. The molecule has 2 unspecified atom stereocenters. The molecule has 2 heterocycles. The third-order valence-corrected chi connectivity index (χ3v) is 4.08. The molecule has 2 bridgehead atoms. The average molecular weight is 210 g/mol. The molecule has 15 heavy (non-hydrogen) atoms. The maximum atomic E-state index is 12.2. The average Bonchev–Trinajstić information content (AvgIpc) is 2.59. The summed E-state index contributed by atoms with van der Waals surface area (Å²) in [5.41, 5.74) is 0. The number of hydrogen-bond donors (Lipinski definition) is 0. The lowest BCUT2D eigenvalue weighted by Crippen LogP contribution is -2.33. The van der Waals surface area contributed by atoms with Crippen molar-refractivity contribution in [1.82, 2.24) is 0 Å². The summed E-state index contributed by atoms with van der Waals surface area (Å²) in [6.45, 7) is 4.25. The molecule has 0 N–H and O–H groups in total. The first-order valence-electron chi connectivity index (χ1n) is 6.43. The Labute approximate surface area is 92.4 Å². The van der Waals surface area contributed by atoms with Gasteiger partial charge in [-0.1, -0.05) is 13.8 Å². The Morgan fingerprint density at radius 2 is 1.73 bits per heavy atom. The molecule has 0 amide bonds. The van der Waals surface area contributed by atoms with E-state index in [-0.39, 0.29) is 0 Å². The van der Waals surface area contributed by atoms with Crippen molar-refractivity contribution in [2.45, 2.75) is 64.6 Å². The molecular weight excluding hydrogens is 188 g/mol. The van der Waals surface area contributed by atoms with E-state index in [2.05, 4.69) is 13.8 Å². The molecule has 0 radical (unpaired) electrons. The van der Waals surface area contributed by atoms with Crippen LogP contribution in [0.15, 0.2) is 0 Å². The van der Waals surface area contributed by atoms with E-state index < -0.39 is 0 Å². The van der Waals surface area contributed by atoms with E-state index in [4.69, 9.17) is 4.74 Å². The molecule has 0 aromatic rings. The normalized spacial score (nSPS) is 34.7. The largest absolute Gasteiger partial charge is 0.375 e. The molecule has 2 fully saturated rings. The number of ether oxygens (including phenoxy) is 1. The van der Waals surface area contributed by atoms with Gasteiger partial charge in [0.1, 0.15) is 5.78 Å². The molecule has 2 heteroatoms. The van der Waals surface area contributed by atoms with Gasteiger partial charge in [0.15, 0.2) is 0 Å². The lowest BCUT2D eigenvalue weighted by molar-refractivity contribution is -0.132. The second kappa shape index (κ2) is 4.65. The Morgan fingerprint density at radius 3 is 2.20 bits per heavy atom. The van der Waals surface area contributed by atoms with Crippen molar-refractivity contribution in [3.63, 3.8) is 0 Å². The summed E-state index contributed by atoms with van der Waals surface area (Å²) in [5.74, 6) is 1.12. The van der Waals surface area contributed by atoms with Gasteiger partial charge in [0, 0.05) is 11.8 Å². The minimum Gasteiger partial charge on any atom is -0.375 e. The summed E-state index contributed by atoms with van der Waals surface area (Å²) in [5, 5.41) is 0. The molecule has 2 aliphatic rings. The van der Waals surface area contributed by atoms with E-state index in [0.29, 0.717) is 29.8 Å². The first kappa shape index (κ1) is 11.1. The smallest absolute Gasteiger partial charge is 0.139 e. The molecule has 0 aromatic heterocycles. The van der Waals surface area contributed by atoms with Crippen LogP contribution in [0.4, 0.5) is 0 Å². The molecule has 2 nitrogen and oxygen atoms in total. The summed E-state index contributed by atoms with van der Waals surface area (Å²) in [7, 11) is 0. The number of hydrogen-bond acceptors (Lipinski definition) is 2.